The quantitative estimate of drug-likeness (QED) is 0.596. The molecule has 1 atom stereocenters. The van der Waals surface area contributed by atoms with Crippen LogP contribution in [-0.4, -0.2) is 53.7 Å². The molecule has 1 heterocycles. The summed E-state index contributed by atoms with van der Waals surface area (Å²) in [5.41, 5.74) is 4.50. The number of fused-ring (bicyclic) bond motifs is 3. The van der Waals surface area contributed by atoms with Crippen molar-refractivity contribution < 1.29 is 24.2 Å². The maximum Gasteiger partial charge on any atom is 0.407 e. The van der Waals surface area contributed by atoms with E-state index < -0.39 is 23.5 Å². The molecule has 2 amide bonds. The van der Waals surface area contributed by atoms with Crippen LogP contribution in [0.3, 0.4) is 0 Å². The molecule has 35 heavy (non-hydrogen) atoms. The van der Waals surface area contributed by atoms with Crippen LogP contribution in [0.5, 0.6) is 0 Å². The van der Waals surface area contributed by atoms with Gasteiger partial charge in [0.2, 0.25) is 5.91 Å². The fourth-order valence-electron chi connectivity index (χ4n) is 5.33. The first-order valence-electron chi connectivity index (χ1n) is 12.0. The molecule has 2 aliphatic rings. The van der Waals surface area contributed by atoms with Gasteiger partial charge in [0.1, 0.15) is 12.6 Å². The van der Waals surface area contributed by atoms with Gasteiger partial charge in [0.15, 0.2) is 0 Å². The van der Waals surface area contributed by atoms with E-state index in [2.05, 4.69) is 29.6 Å². The zero-order valence-corrected chi connectivity index (χ0v) is 20.4. The molecular weight excluding hydrogens is 444 g/mol. The third-order valence-corrected chi connectivity index (χ3v) is 7.10. The number of hydrogen-bond donors (Lipinski definition) is 2. The number of nitrogens with zero attached hydrogens (tertiary/aromatic N) is 1. The van der Waals surface area contributed by atoms with E-state index in [0.717, 1.165) is 35.1 Å². The average molecular weight is 477 g/mol. The van der Waals surface area contributed by atoms with E-state index in [0.29, 0.717) is 12.1 Å². The van der Waals surface area contributed by atoms with Gasteiger partial charge in [-0.2, -0.15) is 0 Å². The molecule has 7 heteroatoms. The predicted molar refractivity (Wildman–Crippen MR) is 133 cm³/mol. The highest BCUT2D eigenvalue weighted by molar-refractivity contribution is 5.96. The van der Waals surface area contributed by atoms with Gasteiger partial charge in [0, 0.05) is 24.6 Å². The molecule has 0 aromatic heterocycles. The Bertz CT molecular complexity index is 1120. The molecule has 0 bridgehead atoms. The number of likely N-dealkylation sites (tertiary alicyclic amines) is 1. The van der Waals surface area contributed by atoms with E-state index in [4.69, 9.17) is 4.74 Å². The molecule has 1 unspecified atom stereocenters. The van der Waals surface area contributed by atoms with E-state index >= 15 is 0 Å². The van der Waals surface area contributed by atoms with Crippen molar-refractivity contribution in [2.24, 2.45) is 5.41 Å². The van der Waals surface area contributed by atoms with Crippen molar-refractivity contribution >= 4 is 18.0 Å². The number of aliphatic carboxylic acids is 1. The summed E-state index contributed by atoms with van der Waals surface area (Å²) in [7, 11) is 0. The lowest BCUT2D eigenvalue weighted by molar-refractivity contribution is -0.157. The maximum atomic E-state index is 13.0. The lowest BCUT2D eigenvalue weighted by atomic mass is 9.76. The minimum atomic E-state index is -0.993. The molecule has 184 valence electrons. The Morgan fingerprint density at radius 3 is 2.29 bits per heavy atom. The van der Waals surface area contributed by atoms with Crippen LogP contribution in [0.4, 0.5) is 4.79 Å². The molecular formula is C28H32N2O5. The first kappa shape index (κ1) is 24.5. The van der Waals surface area contributed by atoms with Crippen molar-refractivity contribution in [2.45, 2.75) is 45.6 Å². The van der Waals surface area contributed by atoms with Gasteiger partial charge < -0.3 is 20.1 Å². The van der Waals surface area contributed by atoms with Crippen molar-refractivity contribution in [1.29, 1.82) is 0 Å². The molecule has 4 rings (SSSR count). The minimum Gasteiger partial charge on any atom is -0.480 e. The second-order valence-electron chi connectivity index (χ2n) is 9.93. The molecule has 2 aromatic carbocycles. The summed E-state index contributed by atoms with van der Waals surface area (Å²) in [5, 5.41) is 12.4. The number of hydrogen-bond acceptors (Lipinski definition) is 4. The third kappa shape index (κ3) is 4.94. The molecule has 0 spiro atoms. The van der Waals surface area contributed by atoms with Crippen molar-refractivity contribution in [3.8, 4) is 11.1 Å². The van der Waals surface area contributed by atoms with Crippen LogP contribution < -0.4 is 5.32 Å². The molecule has 0 radical (unpaired) electrons. The van der Waals surface area contributed by atoms with Gasteiger partial charge >= 0.3 is 12.1 Å². The Labute approximate surface area is 205 Å². The fraction of sp³-hybridized carbons (Fsp3) is 0.393. The number of benzene rings is 2. The zero-order valence-electron chi connectivity index (χ0n) is 20.4. The van der Waals surface area contributed by atoms with Crippen LogP contribution >= 0.6 is 0 Å². The second-order valence-corrected chi connectivity index (χ2v) is 9.93. The molecule has 0 saturated carbocycles. The van der Waals surface area contributed by atoms with E-state index in [1.54, 1.807) is 13.0 Å². The Balaban J connectivity index is 1.33. The summed E-state index contributed by atoms with van der Waals surface area (Å²) >= 11 is 0. The van der Waals surface area contributed by atoms with Gasteiger partial charge in [0.05, 0.1) is 0 Å². The Kier molecular flexibility index (Phi) is 6.96. The van der Waals surface area contributed by atoms with E-state index in [-0.39, 0.29) is 25.0 Å². The highest BCUT2D eigenvalue weighted by Gasteiger charge is 2.44. The lowest BCUT2D eigenvalue weighted by Crippen LogP contribution is -2.56. The first-order chi connectivity index (χ1) is 16.7. The van der Waals surface area contributed by atoms with E-state index in [1.165, 1.54) is 4.90 Å². The standard InChI is InChI=1S/C28H32N2O5/c1-18(25(31)30-16-8-14-28(2,3)24(30)26(32)33)13-15-29-27(34)35-17-23-21-11-6-4-9-19(21)20-10-5-7-12-22(20)23/h4-7,9-13,23-24H,8,14-17H2,1-3H3,(H,29,34)(H,32,33)/b18-13+. The van der Waals surface area contributed by atoms with Gasteiger partial charge in [-0.25, -0.2) is 9.59 Å². The zero-order chi connectivity index (χ0) is 25.2. The number of amides is 2. The SMILES string of the molecule is C/C(=C\CNC(=O)OCC1c2ccccc2-c2ccccc21)C(=O)N1CCCC(C)(C)C1C(=O)O. The smallest absolute Gasteiger partial charge is 0.407 e. The van der Waals surface area contributed by atoms with Crippen molar-refractivity contribution in [3.05, 3.63) is 71.3 Å². The number of carboxylic acid groups (broad SMARTS) is 1. The summed E-state index contributed by atoms with van der Waals surface area (Å²) in [6.45, 7) is 6.13. The maximum absolute atomic E-state index is 13.0. The van der Waals surface area contributed by atoms with E-state index in [1.807, 2.05) is 38.1 Å². The topological polar surface area (TPSA) is 95.9 Å². The molecule has 1 aliphatic heterocycles. The Morgan fingerprint density at radius 1 is 1.09 bits per heavy atom. The van der Waals surface area contributed by atoms with Crippen molar-refractivity contribution in [3.63, 3.8) is 0 Å². The number of nitrogens with one attached hydrogen (secondary N) is 1. The van der Waals surface area contributed by atoms with Crippen LogP contribution in [0.15, 0.2) is 60.2 Å². The van der Waals surface area contributed by atoms with Crippen LogP contribution in [-0.2, 0) is 14.3 Å². The summed E-state index contributed by atoms with van der Waals surface area (Å²) < 4.78 is 5.52. The van der Waals surface area contributed by atoms with Gasteiger partial charge in [0.25, 0.3) is 0 Å². The van der Waals surface area contributed by atoms with Gasteiger partial charge in [-0.05, 0) is 47.4 Å². The summed E-state index contributed by atoms with van der Waals surface area (Å²) in [5.74, 6) is -1.34. The molecule has 7 nitrogen and oxygen atoms in total. The molecule has 1 saturated heterocycles. The highest BCUT2D eigenvalue weighted by atomic mass is 16.5. The molecule has 1 fully saturated rings. The van der Waals surface area contributed by atoms with Gasteiger partial charge in [-0.3, -0.25) is 4.79 Å². The van der Waals surface area contributed by atoms with E-state index in [9.17, 15) is 19.5 Å². The van der Waals surface area contributed by atoms with Crippen LogP contribution in [0, 0.1) is 5.41 Å². The van der Waals surface area contributed by atoms with Crippen LogP contribution in [0.1, 0.15) is 50.7 Å². The number of piperidine rings is 1. The molecule has 2 N–H and O–H groups in total. The summed E-state index contributed by atoms with van der Waals surface area (Å²) in [6, 6.07) is 15.4. The number of rotatable bonds is 6. The van der Waals surface area contributed by atoms with Gasteiger partial charge in [-0.15, -0.1) is 0 Å². The van der Waals surface area contributed by atoms with Crippen molar-refractivity contribution in [1.82, 2.24) is 10.2 Å². The summed E-state index contributed by atoms with van der Waals surface area (Å²) in [6.07, 6.45) is 2.55. The monoisotopic (exact) mass is 476 g/mol. The lowest BCUT2D eigenvalue weighted by Gasteiger charge is -2.44. The highest BCUT2D eigenvalue weighted by Crippen LogP contribution is 2.44. The number of carbonyl (C=O) groups is 3. The Hall–Kier alpha value is -3.61. The number of carboxylic acids is 1. The minimum absolute atomic E-state index is 0.0255. The van der Waals surface area contributed by atoms with Crippen LogP contribution in [0.25, 0.3) is 11.1 Å². The number of alkyl carbamates (subject to hydrolysis) is 1. The van der Waals surface area contributed by atoms with Crippen molar-refractivity contribution in [2.75, 3.05) is 19.7 Å². The van der Waals surface area contributed by atoms with Crippen LogP contribution in [0.2, 0.25) is 0 Å². The van der Waals surface area contributed by atoms with Gasteiger partial charge in [-0.1, -0.05) is 68.5 Å². The summed E-state index contributed by atoms with van der Waals surface area (Å²) in [4.78, 5) is 38.6. The molecule has 1 aliphatic carbocycles. The second kappa shape index (κ2) is 9.94. The Morgan fingerprint density at radius 2 is 1.69 bits per heavy atom. The molecule has 2 aromatic rings. The number of carbonyl (C=O) groups excluding carboxylic acids is 2. The first-order valence-corrected chi connectivity index (χ1v) is 12.0. The average Bonchev–Trinajstić information content (AvgIpc) is 3.15. The predicted octanol–water partition coefficient (Wildman–Crippen LogP) is 4.57. The fourth-order valence-corrected chi connectivity index (χ4v) is 5.33. The normalized spacial score (nSPS) is 19.0. The number of ether oxygens (including phenoxy) is 1. The largest absolute Gasteiger partial charge is 0.480 e. The third-order valence-electron chi connectivity index (χ3n) is 7.10.